The van der Waals surface area contributed by atoms with E-state index in [0.717, 1.165) is 55.7 Å². The van der Waals surface area contributed by atoms with Crippen LogP contribution in [0.3, 0.4) is 0 Å². The Morgan fingerprint density at radius 3 is 1.48 bits per heavy atom. The summed E-state index contributed by atoms with van der Waals surface area (Å²) in [4.78, 5) is 33.6. The summed E-state index contributed by atoms with van der Waals surface area (Å²) in [7, 11) is 2.88. The first-order valence-corrected chi connectivity index (χ1v) is 20.7. The Hall–Kier alpha value is -6.96. The van der Waals surface area contributed by atoms with Crippen LogP contribution in [0.5, 0.6) is 34.5 Å². The van der Waals surface area contributed by atoms with E-state index >= 15 is 0 Å². The number of carbonyl (C=O) groups is 2. The number of rotatable bonds is 10. The number of likely N-dealkylation sites (tertiary alicyclic amines) is 1. The highest BCUT2D eigenvalue weighted by molar-refractivity contribution is 5.93. The van der Waals surface area contributed by atoms with Gasteiger partial charge < -0.3 is 45.7 Å². The van der Waals surface area contributed by atoms with Crippen LogP contribution in [0.25, 0.3) is 0 Å². The van der Waals surface area contributed by atoms with Gasteiger partial charge in [-0.05, 0) is 124 Å². The monoisotopic (exact) mass is 964 g/mol. The summed E-state index contributed by atoms with van der Waals surface area (Å²) in [5, 5.41) is 28.5. The van der Waals surface area contributed by atoms with Crippen LogP contribution in [0.1, 0.15) is 81.0 Å². The van der Waals surface area contributed by atoms with Crippen molar-refractivity contribution in [1.82, 2.24) is 40.6 Å². The Balaban J connectivity index is 0.000000238. The predicted molar refractivity (Wildman–Crippen MR) is 251 cm³/mol. The van der Waals surface area contributed by atoms with Gasteiger partial charge in [0.1, 0.15) is 40.5 Å². The number of hydrogen-bond acceptors (Lipinski definition) is 15. The van der Waals surface area contributed by atoms with Gasteiger partial charge in [0.25, 0.3) is 5.91 Å². The maximum absolute atomic E-state index is 13.1. The van der Waals surface area contributed by atoms with Gasteiger partial charge in [0.15, 0.2) is 28.7 Å². The second-order valence-electron chi connectivity index (χ2n) is 15.1. The van der Waals surface area contributed by atoms with Crippen molar-refractivity contribution < 1.29 is 42.4 Å². The van der Waals surface area contributed by atoms with E-state index in [-0.39, 0.29) is 71.2 Å². The van der Waals surface area contributed by atoms with Gasteiger partial charge in [-0.15, -0.1) is 35.0 Å². The van der Waals surface area contributed by atoms with Gasteiger partial charge >= 0.3 is 5.97 Å². The quantitative estimate of drug-likeness (QED) is 0.101. The number of carbonyl (C=O) groups excluding carboxylic acids is 1. The number of nitrogens with one attached hydrogen (secondary N) is 1. The number of carboxylic acids is 1. The van der Waals surface area contributed by atoms with Crippen molar-refractivity contribution in [3.63, 3.8) is 0 Å². The third kappa shape index (κ3) is 14.5. The molecule has 6 aromatic rings. The number of pyridine rings is 2. The Kier molecular flexibility index (Phi) is 19.7. The first kappa shape index (κ1) is 52.7. The van der Waals surface area contributed by atoms with Gasteiger partial charge in [0, 0.05) is 37.1 Å². The lowest BCUT2D eigenvalue weighted by molar-refractivity contribution is 0.0686. The fraction of sp³-hybridized carbons (Fsp3) is 0.304. The minimum Gasteiger partial charge on any atom is -0.493 e. The van der Waals surface area contributed by atoms with E-state index in [1.807, 2.05) is 19.1 Å². The molecule has 67 heavy (non-hydrogen) atoms. The van der Waals surface area contributed by atoms with Gasteiger partial charge in [-0.3, -0.25) is 4.79 Å². The van der Waals surface area contributed by atoms with Gasteiger partial charge in [-0.25, -0.2) is 23.5 Å². The fourth-order valence-corrected chi connectivity index (χ4v) is 7.27. The summed E-state index contributed by atoms with van der Waals surface area (Å²) in [6.07, 6.45) is 6.56. The first-order valence-electron chi connectivity index (χ1n) is 20.7. The predicted octanol–water partition coefficient (Wildman–Crippen LogP) is 8.12. The molecule has 8 rings (SSSR count). The average Bonchev–Trinajstić information content (AvgIpc) is 3.31. The molecule has 0 saturated carbocycles. The number of anilines is 2. The molecule has 6 N–H and O–H groups in total. The number of aromatic carboxylic acids is 1. The molecule has 4 aromatic heterocycles. The second kappa shape index (κ2) is 25.1. The lowest BCUT2D eigenvalue weighted by Crippen LogP contribution is -2.38. The van der Waals surface area contributed by atoms with Gasteiger partial charge in [-0.1, -0.05) is 0 Å². The number of aromatic nitrogens is 6. The Morgan fingerprint density at radius 2 is 1.06 bits per heavy atom. The van der Waals surface area contributed by atoms with Crippen LogP contribution in [0.4, 0.5) is 20.4 Å². The van der Waals surface area contributed by atoms with Crippen molar-refractivity contribution in [3.8, 4) is 34.5 Å². The topological polar surface area (TPSA) is 236 Å². The molecule has 0 radical (unpaired) electrons. The molecule has 1 amide bonds. The number of ether oxygens (including phenoxy) is 4. The molecule has 0 aliphatic carbocycles. The fourth-order valence-electron chi connectivity index (χ4n) is 7.27. The molecule has 0 atom stereocenters. The highest BCUT2D eigenvalue weighted by atomic mass is 35.5. The number of halogens is 4. The summed E-state index contributed by atoms with van der Waals surface area (Å²) in [5.74, 6) is 1.68. The molecular weight excluding hydrogens is 913 g/mol. The number of aryl methyl sites for hydroxylation is 2. The SMILES string of the molecule is COc1cc(C(=O)N2CCC(c3nnc(N)cc3C)CC2)ncc1Oc1ccc(F)cc1.COc1cc(C(=O)O)ncc1Oc1ccc(F)cc1.Cc1cc(N)nnc1C1CCNCC1.Cl.Cl. The molecule has 17 nitrogen and oxygen atoms in total. The zero-order chi connectivity index (χ0) is 46.5. The minimum atomic E-state index is -1.16. The van der Waals surface area contributed by atoms with Crippen LogP contribution in [-0.2, 0) is 0 Å². The van der Waals surface area contributed by atoms with Gasteiger partial charge in [0.05, 0.1) is 38.0 Å². The van der Waals surface area contributed by atoms with Crippen molar-refractivity contribution >= 4 is 48.3 Å². The number of amides is 1. The first-order chi connectivity index (χ1) is 31.3. The van der Waals surface area contributed by atoms with Crippen molar-refractivity contribution in [3.05, 3.63) is 131 Å². The van der Waals surface area contributed by atoms with E-state index in [4.69, 9.17) is 35.5 Å². The van der Waals surface area contributed by atoms with E-state index in [1.165, 1.54) is 86.8 Å². The summed E-state index contributed by atoms with van der Waals surface area (Å²) >= 11 is 0. The van der Waals surface area contributed by atoms with E-state index in [9.17, 15) is 18.4 Å². The summed E-state index contributed by atoms with van der Waals surface area (Å²) in [6.45, 7) is 7.37. The largest absolute Gasteiger partial charge is 0.493 e. The van der Waals surface area contributed by atoms with Crippen molar-refractivity contribution in [2.45, 2.75) is 51.4 Å². The number of methoxy groups -OCH3 is 2. The van der Waals surface area contributed by atoms with Crippen LogP contribution in [0, 0.1) is 25.5 Å². The van der Waals surface area contributed by atoms with Crippen LogP contribution in [0.15, 0.2) is 85.2 Å². The third-order valence-corrected chi connectivity index (χ3v) is 10.6. The van der Waals surface area contributed by atoms with Crippen LogP contribution in [-0.4, -0.2) is 92.6 Å². The van der Waals surface area contributed by atoms with Crippen LogP contribution in [0.2, 0.25) is 0 Å². The second-order valence-corrected chi connectivity index (χ2v) is 15.1. The highest BCUT2D eigenvalue weighted by Gasteiger charge is 2.28. The average molecular weight is 966 g/mol. The standard InChI is InChI=1S/C23H24FN5O3.C13H10FNO4.C10H16N4.2ClH/c1-14-11-21(25)27-28-22(14)15-7-9-29(10-8-15)23(30)18-12-19(31-2)20(13-26-18)32-17-5-3-16(24)4-6-17;1-18-11-6-10(13(16)17)15-7-12(11)19-9-4-2-8(14)3-5-9;1-7-6-9(11)13-14-10(7)8-2-4-12-5-3-8;;/h3-6,11-13,15H,7-10H2,1-2H3,(H2,25,27);2-7H,1H3,(H,16,17);6,8,12H,2-5H2,1H3,(H2,11,13);2*1H. The normalized spacial score (nSPS) is 13.5. The van der Waals surface area contributed by atoms with Crippen LogP contribution >= 0.6 is 24.8 Å². The zero-order valence-corrected chi connectivity index (χ0v) is 38.8. The van der Waals surface area contributed by atoms with E-state index in [0.29, 0.717) is 53.6 Å². The van der Waals surface area contributed by atoms with Crippen molar-refractivity contribution in [1.29, 1.82) is 0 Å². The maximum Gasteiger partial charge on any atom is 0.354 e. The molecule has 0 bridgehead atoms. The van der Waals surface area contributed by atoms with Gasteiger partial charge in [0.2, 0.25) is 0 Å². The number of hydrogen-bond donors (Lipinski definition) is 4. The van der Waals surface area contributed by atoms with Crippen molar-refractivity contribution in [2.24, 2.45) is 0 Å². The molecule has 0 spiro atoms. The van der Waals surface area contributed by atoms with Crippen molar-refractivity contribution in [2.75, 3.05) is 51.9 Å². The lowest BCUT2D eigenvalue weighted by Gasteiger charge is -2.32. The Morgan fingerprint density at radius 1 is 0.642 bits per heavy atom. The van der Waals surface area contributed by atoms with E-state index < -0.39 is 5.97 Å². The zero-order valence-electron chi connectivity index (χ0n) is 37.1. The number of carboxylic acid groups (broad SMARTS) is 1. The molecule has 2 aromatic carbocycles. The number of nitrogens with zero attached hydrogens (tertiary/aromatic N) is 7. The Labute approximate surface area is 398 Å². The number of benzene rings is 2. The van der Waals surface area contributed by atoms with Crippen LogP contribution < -0.4 is 35.7 Å². The molecule has 6 heterocycles. The van der Waals surface area contributed by atoms with E-state index in [1.54, 1.807) is 11.0 Å². The summed E-state index contributed by atoms with van der Waals surface area (Å²) in [6, 6.07) is 17.5. The number of nitrogens with two attached hydrogens (primary N) is 2. The summed E-state index contributed by atoms with van der Waals surface area (Å²) < 4.78 is 47.4. The molecule has 2 saturated heterocycles. The molecule has 2 aliphatic heterocycles. The molecule has 2 fully saturated rings. The smallest absolute Gasteiger partial charge is 0.354 e. The number of nitrogen functional groups attached to an aromatic ring is 2. The van der Waals surface area contributed by atoms with Gasteiger partial charge in [-0.2, -0.15) is 10.2 Å². The maximum atomic E-state index is 13.1. The van der Waals surface area contributed by atoms with E-state index in [2.05, 4.69) is 42.6 Å². The molecule has 356 valence electrons. The Bertz CT molecular complexity index is 2570. The summed E-state index contributed by atoms with van der Waals surface area (Å²) in [5.41, 5.74) is 15.6. The molecule has 0 unspecified atom stereocenters. The number of piperidine rings is 2. The molecule has 21 heteroatoms. The highest BCUT2D eigenvalue weighted by Crippen LogP contribution is 2.34. The molecule has 2 aliphatic rings. The minimum absolute atomic E-state index is 0. The lowest BCUT2D eigenvalue weighted by atomic mass is 9.91. The third-order valence-electron chi connectivity index (χ3n) is 10.6. The molecular formula is C46H52Cl2F2N10O7.